The van der Waals surface area contributed by atoms with Crippen LogP contribution in [0.15, 0.2) is 91.0 Å². The number of anilines is 1. The Morgan fingerprint density at radius 3 is 2.35 bits per heavy atom. The van der Waals surface area contributed by atoms with E-state index in [0.29, 0.717) is 36.5 Å². The molecule has 0 bridgehead atoms. The predicted octanol–water partition coefficient (Wildman–Crippen LogP) is 6.93. The third-order valence-electron chi connectivity index (χ3n) is 8.66. The first-order valence-electron chi connectivity index (χ1n) is 15.2. The quantitative estimate of drug-likeness (QED) is 0.205. The summed E-state index contributed by atoms with van der Waals surface area (Å²) in [4.78, 5) is 44.7. The summed E-state index contributed by atoms with van der Waals surface area (Å²) in [5.41, 5.74) is 3.49. The Bertz CT molecular complexity index is 1610. The molecule has 1 N–H and O–H groups in total. The number of nitrogens with one attached hydrogen (secondary N) is 1. The smallest absolute Gasteiger partial charge is 0.258 e. The average molecular weight is 594 g/mol. The van der Waals surface area contributed by atoms with Gasteiger partial charge in [0.25, 0.3) is 5.91 Å². The fraction of sp³-hybridized carbons (Fsp3) is 0.306. The lowest BCUT2D eigenvalue weighted by Crippen LogP contribution is -2.52. The summed E-state index contributed by atoms with van der Waals surface area (Å²) in [5.74, 6) is -0.259. The molecule has 0 spiro atoms. The highest BCUT2D eigenvalue weighted by Gasteiger charge is 2.33. The van der Waals surface area contributed by atoms with Gasteiger partial charge in [0.05, 0.1) is 5.69 Å². The summed E-state index contributed by atoms with van der Waals surface area (Å²) in [5, 5.41) is 5.87. The van der Waals surface area contributed by atoms with Gasteiger partial charge in [0.1, 0.15) is 6.04 Å². The van der Waals surface area contributed by atoms with Crippen LogP contribution in [0.1, 0.15) is 60.0 Å². The van der Waals surface area contributed by atoms with Crippen molar-refractivity contribution in [2.24, 2.45) is 0 Å². The third-order valence-corrected chi connectivity index (χ3v) is 8.91. The number of rotatable bonds is 11. The fourth-order valence-electron chi connectivity index (χ4n) is 6.44. The molecule has 3 amide bonds. The predicted molar refractivity (Wildman–Crippen MR) is 171 cm³/mol. The van der Waals surface area contributed by atoms with Gasteiger partial charge in [-0.3, -0.25) is 14.4 Å². The van der Waals surface area contributed by atoms with Crippen molar-refractivity contribution in [1.82, 2.24) is 10.2 Å². The van der Waals surface area contributed by atoms with E-state index in [0.717, 1.165) is 53.3 Å². The number of nitrogens with zero attached hydrogens (tertiary/aromatic N) is 2. The molecule has 2 aliphatic rings. The molecule has 43 heavy (non-hydrogen) atoms. The highest BCUT2D eigenvalue weighted by molar-refractivity contribution is 6.30. The number of amides is 3. The summed E-state index contributed by atoms with van der Waals surface area (Å²) in [7, 11) is 0. The van der Waals surface area contributed by atoms with Gasteiger partial charge in [-0.25, -0.2) is 0 Å². The van der Waals surface area contributed by atoms with Gasteiger partial charge in [-0.05, 0) is 60.0 Å². The average Bonchev–Trinajstić information content (AvgIpc) is 3.63. The SMILES string of the molecule is O=C(NC1CCCC1)[C@@H](Cc1ccccc1)N(Cc1ccc(Cl)cc1)C(=O)CCCN1C(=O)c2cccc3cccc1c23. The van der Waals surface area contributed by atoms with E-state index in [1.165, 1.54) is 0 Å². The van der Waals surface area contributed by atoms with Crippen molar-refractivity contribution in [3.05, 3.63) is 113 Å². The highest BCUT2D eigenvalue weighted by atomic mass is 35.5. The van der Waals surface area contributed by atoms with Crippen molar-refractivity contribution in [2.75, 3.05) is 11.4 Å². The molecular weight excluding hydrogens is 558 g/mol. The fourth-order valence-corrected chi connectivity index (χ4v) is 6.57. The standard InChI is InChI=1S/C36H36ClN3O3/c37-28-20-18-26(19-21-28)24-40(32(23-25-9-2-1-3-10-25)35(42)38-29-13-4-5-14-29)33(41)17-8-22-39-31-16-7-12-27-11-6-15-30(34(27)31)36(39)43/h1-3,6-7,9-12,15-16,18-21,29,32H,4-5,8,13-14,17,22-24H2,(H,38,42)/t32-/m1/s1. The molecule has 4 aromatic carbocycles. The molecule has 6 nitrogen and oxygen atoms in total. The van der Waals surface area contributed by atoms with Crippen molar-refractivity contribution in [3.8, 4) is 0 Å². The lowest BCUT2D eigenvalue weighted by molar-refractivity contribution is -0.141. The van der Waals surface area contributed by atoms with E-state index in [1.807, 2.05) is 91.0 Å². The largest absolute Gasteiger partial charge is 0.352 e. The second-order valence-electron chi connectivity index (χ2n) is 11.6. The van der Waals surface area contributed by atoms with Crippen molar-refractivity contribution >= 4 is 45.8 Å². The summed E-state index contributed by atoms with van der Waals surface area (Å²) in [6.45, 7) is 0.712. The number of halogens is 1. The normalized spacial score (nSPS) is 15.2. The second kappa shape index (κ2) is 13.0. The third kappa shape index (κ3) is 6.45. The first-order chi connectivity index (χ1) is 21.0. The van der Waals surface area contributed by atoms with Crippen molar-refractivity contribution in [2.45, 2.75) is 63.6 Å². The molecule has 0 radical (unpaired) electrons. The molecule has 0 aromatic heterocycles. The van der Waals surface area contributed by atoms with E-state index in [9.17, 15) is 14.4 Å². The minimum absolute atomic E-state index is 0.0323. The molecule has 1 aliphatic heterocycles. The maximum Gasteiger partial charge on any atom is 0.258 e. The Kier molecular flexibility index (Phi) is 8.75. The van der Waals surface area contributed by atoms with Crippen molar-refractivity contribution < 1.29 is 14.4 Å². The van der Waals surface area contributed by atoms with E-state index < -0.39 is 6.04 Å². The Morgan fingerprint density at radius 1 is 0.884 bits per heavy atom. The van der Waals surface area contributed by atoms with Crippen LogP contribution in [-0.2, 0) is 22.6 Å². The van der Waals surface area contributed by atoms with Gasteiger partial charge in [-0.1, -0.05) is 91.2 Å². The maximum atomic E-state index is 14.1. The minimum Gasteiger partial charge on any atom is -0.352 e. The molecule has 1 saturated carbocycles. The first-order valence-corrected chi connectivity index (χ1v) is 15.6. The second-order valence-corrected chi connectivity index (χ2v) is 12.0. The molecule has 0 unspecified atom stereocenters. The molecule has 6 rings (SSSR count). The molecule has 220 valence electrons. The van der Waals surface area contributed by atoms with E-state index in [-0.39, 0.29) is 30.2 Å². The lowest BCUT2D eigenvalue weighted by Gasteiger charge is -2.32. The first kappa shape index (κ1) is 28.9. The Morgan fingerprint density at radius 2 is 1.60 bits per heavy atom. The van der Waals surface area contributed by atoms with Crippen LogP contribution in [0.25, 0.3) is 10.8 Å². The van der Waals surface area contributed by atoms with Crippen LogP contribution < -0.4 is 10.2 Å². The van der Waals surface area contributed by atoms with Crippen LogP contribution in [0.4, 0.5) is 5.69 Å². The number of hydrogen-bond donors (Lipinski definition) is 1. The minimum atomic E-state index is -0.669. The van der Waals surface area contributed by atoms with Crippen LogP contribution in [0, 0.1) is 0 Å². The molecule has 7 heteroatoms. The van der Waals surface area contributed by atoms with Crippen LogP contribution in [0.5, 0.6) is 0 Å². The highest BCUT2D eigenvalue weighted by Crippen LogP contribution is 2.37. The van der Waals surface area contributed by atoms with Gasteiger partial charge in [0.2, 0.25) is 11.8 Å². The zero-order valence-corrected chi connectivity index (χ0v) is 24.9. The van der Waals surface area contributed by atoms with E-state index in [4.69, 9.17) is 11.6 Å². The molecule has 1 aliphatic carbocycles. The zero-order chi connectivity index (χ0) is 29.8. The Balaban J connectivity index is 1.23. The van der Waals surface area contributed by atoms with Crippen LogP contribution >= 0.6 is 11.6 Å². The molecule has 1 atom stereocenters. The van der Waals surface area contributed by atoms with Crippen molar-refractivity contribution in [1.29, 1.82) is 0 Å². The lowest BCUT2D eigenvalue weighted by atomic mass is 10.0. The number of carbonyl (C=O) groups excluding carboxylic acids is 3. The molecular formula is C36H36ClN3O3. The number of carbonyl (C=O) groups is 3. The Hall–Kier alpha value is -4.16. The Labute approximate surface area is 257 Å². The zero-order valence-electron chi connectivity index (χ0n) is 24.2. The van der Waals surface area contributed by atoms with Crippen LogP contribution in [-0.4, -0.2) is 41.2 Å². The van der Waals surface area contributed by atoms with Crippen LogP contribution in [0.2, 0.25) is 5.02 Å². The van der Waals surface area contributed by atoms with Gasteiger partial charge in [0.15, 0.2) is 0 Å². The molecule has 4 aromatic rings. The number of hydrogen-bond acceptors (Lipinski definition) is 3. The van der Waals surface area contributed by atoms with Crippen molar-refractivity contribution in [3.63, 3.8) is 0 Å². The summed E-state index contributed by atoms with van der Waals surface area (Å²) in [6.07, 6.45) is 5.26. The monoisotopic (exact) mass is 593 g/mol. The van der Waals surface area contributed by atoms with Gasteiger partial charge < -0.3 is 15.1 Å². The van der Waals surface area contributed by atoms with Gasteiger partial charge in [0, 0.05) is 47.9 Å². The maximum absolute atomic E-state index is 14.1. The van der Waals surface area contributed by atoms with Gasteiger partial charge in [-0.15, -0.1) is 0 Å². The van der Waals surface area contributed by atoms with Crippen LogP contribution in [0.3, 0.4) is 0 Å². The molecule has 0 saturated heterocycles. The van der Waals surface area contributed by atoms with E-state index >= 15 is 0 Å². The van der Waals surface area contributed by atoms with Gasteiger partial charge in [-0.2, -0.15) is 0 Å². The van der Waals surface area contributed by atoms with E-state index in [2.05, 4.69) is 5.32 Å². The summed E-state index contributed by atoms with van der Waals surface area (Å²) < 4.78 is 0. The summed E-state index contributed by atoms with van der Waals surface area (Å²) >= 11 is 6.15. The summed E-state index contributed by atoms with van der Waals surface area (Å²) in [6, 6.07) is 28.5. The molecule has 1 heterocycles. The molecule has 1 fully saturated rings. The number of benzene rings is 4. The van der Waals surface area contributed by atoms with Gasteiger partial charge >= 0.3 is 0 Å². The topological polar surface area (TPSA) is 69.7 Å². The van der Waals surface area contributed by atoms with E-state index in [1.54, 1.807) is 9.80 Å².